The smallest absolute Gasteiger partial charge is 0.157 e. The second-order valence-corrected chi connectivity index (χ2v) is 4.93. The lowest BCUT2D eigenvalue weighted by atomic mass is 9.83. The van der Waals surface area contributed by atoms with E-state index in [-0.39, 0.29) is 17.8 Å². The van der Waals surface area contributed by atoms with Gasteiger partial charge < -0.3 is 0 Å². The molecule has 0 atom stereocenters. The first kappa shape index (κ1) is 15.8. The van der Waals surface area contributed by atoms with Crippen molar-refractivity contribution in [2.75, 3.05) is 14.1 Å². The zero-order valence-electron chi connectivity index (χ0n) is 12.0. The molecule has 0 unspecified atom stereocenters. The molecule has 0 aliphatic carbocycles. The van der Waals surface area contributed by atoms with Gasteiger partial charge >= 0.3 is 0 Å². The number of ketones is 1. The molecule has 0 bridgehead atoms. The van der Waals surface area contributed by atoms with Crippen molar-refractivity contribution in [3.8, 4) is 0 Å². The summed E-state index contributed by atoms with van der Waals surface area (Å²) in [5, 5.41) is 0. The SMILES string of the molecule is CCC(CC)(C(=O)Cc1c(F)cccc1F)N(C)C. The maximum Gasteiger partial charge on any atom is 0.157 e. The topological polar surface area (TPSA) is 20.3 Å². The third-order valence-electron chi connectivity index (χ3n) is 3.94. The third kappa shape index (κ3) is 3.00. The van der Waals surface area contributed by atoms with Crippen LogP contribution < -0.4 is 0 Å². The van der Waals surface area contributed by atoms with E-state index in [2.05, 4.69) is 0 Å². The van der Waals surface area contributed by atoms with Crippen LogP contribution in [0.15, 0.2) is 18.2 Å². The van der Waals surface area contributed by atoms with Crippen molar-refractivity contribution in [1.82, 2.24) is 4.90 Å². The molecule has 0 N–H and O–H groups in total. The summed E-state index contributed by atoms with van der Waals surface area (Å²) < 4.78 is 27.2. The summed E-state index contributed by atoms with van der Waals surface area (Å²) in [4.78, 5) is 14.3. The molecule has 1 aromatic rings. The predicted octanol–water partition coefficient (Wildman–Crippen LogP) is 3.20. The molecule has 0 aliphatic rings. The van der Waals surface area contributed by atoms with Crippen LogP contribution in [0.25, 0.3) is 0 Å². The number of carbonyl (C=O) groups is 1. The standard InChI is InChI=1S/C15H21F2NO/c1-5-15(6-2,18(3)4)14(19)10-11-12(16)8-7-9-13(11)17/h7-9H,5-6,10H2,1-4H3. The van der Waals surface area contributed by atoms with Gasteiger partial charge in [0.2, 0.25) is 0 Å². The van der Waals surface area contributed by atoms with Crippen molar-refractivity contribution in [2.24, 2.45) is 0 Å². The fraction of sp³-hybridized carbons (Fsp3) is 0.533. The predicted molar refractivity (Wildman–Crippen MR) is 72.1 cm³/mol. The van der Waals surface area contributed by atoms with E-state index >= 15 is 0 Å². The lowest BCUT2D eigenvalue weighted by Crippen LogP contribution is -2.51. The number of Topliss-reactive ketones (excluding diaryl/α,β-unsaturated/α-hetero) is 1. The average molecular weight is 269 g/mol. The van der Waals surface area contributed by atoms with Crippen LogP contribution in [-0.4, -0.2) is 30.3 Å². The van der Waals surface area contributed by atoms with Crippen LogP contribution in [0.1, 0.15) is 32.3 Å². The van der Waals surface area contributed by atoms with Gasteiger partial charge in [-0.2, -0.15) is 0 Å². The van der Waals surface area contributed by atoms with Gasteiger partial charge in [0.05, 0.1) is 5.54 Å². The summed E-state index contributed by atoms with van der Waals surface area (Å²) in [7, 11) is 3.64. The van der Waals surface area contributed by atoms with Crippen molar-refractivity contribution in [2.45, 2.75) is 38.6 Å². The quantitative estimate of drug-likeness (QED) is 0.790. The second kappa shape index (κ2) is 6.24. The normalized spacial score (nSPS) is 11.9. The Morgan fingerprint density at radius 2 is 1.63 bits per heavy atom. The Kier molecular flexibility index (Phi) is 5.18. The van der Waals surface area contributed by atoms with E-state index in [0.29, 0.717) is 12.8 Å². The number of halogens is 2. The summed E-state index contributed by atoms with van der Waals surface area (Å²) in [5.41, 5.74) is -0.796. The van der Waals surface area contributed by atoms with Crippen LogP contribution in [0.3, 0.4) is 0 Å². The third-order valence-corrected chi connectivity index (χ3v) is 3.94. The molecule has 0 saturated heterocycles. The highest BCUT2D eigenvalue weighted by atomic mass is 19.1. The van der Waals surface area contributed by atoms with Crippen molar-refractivity contribution < 1.29 is 13.6 Å². The largest absolute Gasteiger partial charge is 0.297 e. The zero-order valence-corrected chi connectivity index (χ0v) is 12.0. The van der Waals surface area contributed by atoms with E-state index in [0.717, 1.165) is 0 Å². The lowest BCUT2D eigenvalue weighted by molar-refractivity contribution is -0.129. The first-order valence-corrected chi connectivity index (χ1v) is 6.52. The summed E-state index contributed by atoms with van der Waals surface area (Å²) in [6, 6.07) is 3.67. The van der Waals surface area contributed by atoms with Gasteiger partial charge in [0.1, 0.15) is 11.6 Å². The van der Waals surface area contributed by atoms with Crippen LogP contribution >= 0.6 is 0 Å². The summed E-state index contributed by atoms with van der Waals surface area (Å²) >= 11 is 0. The molecule has 1 rings (SSSR count). The van der Waals surface area contributed by atoms with Gasteiger partial charge in [0.25, 0.3) is 0 Å². The maximum absolute atomic E-state index is 13.6. The number of nitrogens with zero attached hydrogens (tertiary/aromatic N) is 1. The number of benzene rings is 1. The zero-order chi connectivity index (χ0) is 14.6. The van der Waals surface area contributed by atoms with E-state index in [1.807, 2.05) is 32.8 Å². The number of hydrogen-bond donors (Lipinski definition) is 0. The summed E-state index contributed by atoms with van der Waals surface area (Å²) in [6.45, 7) is 3.83. The van der Waals surface area contributed by atoms with Crippen molar-refractivity contribution in [3.05, 3.63) is 35.4 Å². The first-order valence-electron chi connectivity index (χ1n) is 6.52. The summed E-state index contributed by atoms with van der Waals surface area (Å²) in [6.07, 6.45) is 1.02. The molecule has 0 aliphatic heterocycles. The molecule has 19 heavy (non-hydrogen) atoms. The molecule has 2 nitrogen and oxygen atoms in total. The fourth-order valence-electron chi connectivity index (χ4n) is 2.55. The Balaban J connectivity index is 3.07. The van der Waals surface area contributed by atoms with Crippen LogP contribution in [0, 0.1) is 11.6 Å². The molecule has 0 radical (unpaired) electrons. The van der Waals surface area contributed by atoms with Gasteiger partial charge in [-0.05, 0) is 39.1 Å². The van der Waals surface area contributed by atoms with E-state index in [9.17, 15) is 13.6 Å². The van der Waals surface area contributed by atoms with Gasteiger partial charge in [-0.25, -0.2) is 8.78 Å². The minimum absolute atomic E-state index is 0.138. The van der Waals surface area contributed by atoms with E-state index in [1.54, 1.807) is 0 Å². The lowest BCUT2D eigenvalue weighted by Gasteiger charge is -2.37. The monoisotopic (exact) mass is 269 g/mol. The molecule has 1 aromatic carbocycles. The van der Waals surface area contributed by atoms with Crippen LogP contribution in [0.4, 0.5) is 8.78 Å². The molecular formula is C15H21F2NO. The molecule has 0 heterocycles. The van der Waals surface area contributed by atoms with Crippen LogP contribution in [-0.2, 0) is 11.2 Å². The van der Waals surface area contributed by atoms with E-state index < -0.39 is 17.2 Å². The number of rotatable bonds is 6. The minimum Gasteiger partial charge on any atom is -0.297 e. The van der Waals surface area contributed by atoms with Crippen LogP contribution in [0.2, 0.25) is 0 Å². The molecule has 0 spiro atoms. The van der Waals surface area contributed by atoms with Gasteiger partial charge in [0, 0.05) is 12.0 Å². The minimum atomic E-state index is -0.659. The Labute approximate surface area is 113 Å². The van der Waals surface area contributed by atoms with Crippen molar-refractivity contribution >= 4 is 5.78 Å². The highest BCUT2D eigenvalue weighted by Gasteiger charge is 2.37. The van der Waals surface area contributed by atoms with E-state index in [1.165, 1.54) is 18.2 Å². The molecule has 0 fully saturated rings. The first-order chi connectivity index (χ1) is 8.89. The van der Waals surface area contributed by atoms with Crippen molar-refractivity contribution in [1.29, 1.82) is 0 Å². The van der Waals surface area contributed by atoms with Crippen molar-refractivity contribution in [3.63, 3.8) is 0 Å². The van der Waals surface area contributed by atoms with Crippen LogP contribution in [0.5, 0.6) is 0 Å². The Bertz CT molecular complexity index is 433. The Hall–Kier alpha value is -1.29. The second-order valence-electron chi connectivity index (χ2n) is 4.93. The van der Waals surface area contributed by atoms with Gasteiger partial charge in [-0.3, -0.25) is 9.69 Å². The number of carbonyl (C=O) groups excluding carboxylic acids is 1. The molecule has 0 saturated carbocycles. The molecule has 4 heteroatoms. The number of likely N-dealkylation sites (N-methyl/N-ethyl adjacent to an activating group) is 1. The van der Waals surface area contributed by atoms with Gasteiger partial charge in [0.15, 0.2) is 5.78 Å². The Morgan fingerprint density at radius 1 is 1.16 bits per heavy atom. The molecule has 106 valence electrons. The molecular weight excluding hydrogens is 248 g/mol. The number of hydrogen-bond acceptors (Lipinski definition) is 2. The molecule has 0 aromatic heterocycles. The highest BCUT2D eigenvalue weighted by Crippen LogP contribution is 2.25. The highest BCUT2D eigenvalue weighted by molar-refractivity contribution is 5.90. The van der Waals surface area contributed by atoms with Gasteiger partial charge in [-0.1, -0.05) is 19.9 Å². The van der Waals surface area contributed by atoms with Gasteiger partial charge in [-0.15, -0.1) is 0 Å². The van der Waals surface area contributed by atoms with E-state index in [4.69, 9.17) is 0 Å². The fourth-order valence-corrected chi connectivity index (χ4v) is 2.55. The summed E-state index contributed by atoms with van der Waals surface area (Å²) in [5.74, 6) is -1.46. The molecule has 0 amide bonds. The maximum atomic E-state index is 13.6. The Morgan fingerprint density at radius 3 is 2.00 bits per heavy atom. The average Bonchev–Trinajstić information content (AvgIpc) is 2.36.